The van der Waals surface area contributed by atoms with Gasteiger partial charge in [0.05, 0.1) is 12.1 Å². The minimum Gasteiger partial charge on any atom is -0.489 e. The lowest BCUT2D eigenvalue weighted by Gasteiger charge is -2.07. The smallest absolute Gasteiger partial charge is 0.354 e. The number of hydrogen-bond donors (Lipinski definition) is 0. The van der Waals surface area contributed by atoms with Crippen molar-refractivity contribution in [3.8, 4) is 5.75 Å². The van der Waals surface area contributed by atoms with Crippen LogP contribution in [0.5, 0.6) is 5.75 Å². The van der Waals surface area contributed by atoms with Gasteiger partial charge in [0.2, 0.25) is 0 Å². The molecule has 0 saturated carbocycles. The molecule has 1 heterocycles. The van der Waals surface area contributed by atoms with Gasteiger partial charge in [-0.2, -0.15) is 0 Å². The van der Waals surface area contributed by atoms with Crippen molar-refractivity contribution >= 4 is 30.5 Å². The SMILES string of the molecule is C=O.C=O.CCOC(=O)c1cc2ccc(OCc3ccccc3)cc2n1C.Cc1ccccc1. The summed E-state index contributed by atoms with van der Waals surface area (Å²) in [6, 6.07) is 27.9. The fraction of sp³-hybridized carbons (Fsp3) is 0.179. The van der Waals surface area contributed by atoms with Gasteiger partial charge < -0.3 is 23.6 Å². The van der Waals surface area contributed by atoms with E-state index < -0.39 is 0 Å². The van der Waals surface area contributed by atoms with Gasteiger partial charge in [-0.1, -0.05) is 66.2 Å². The Hall–Kier alpha value is -4.19. The molecule has 6 heteroatoms. The van der Waals surface area contributed by atoms with Gasteiger partial charge in [-0.05, 0) is 37.6 Å². The summed E-state index contributed by atoms with van der Waals surface area (Å²) in [6.45, 7) is 8.77. The van der Waals surface area contributed by atoms with Crippen LogP contribution >= 0.6 is 0 Å². The van der Waals surface area contributed by atoms with Crippen molar-refractivity contribution in [1.29, 1.82) is 0 Å². The Balaban J connectivity index is 0.000000441. The molecule has 0 aliphatic heterocycles. The van der Waals surface area contributed by atoms with Gasteiger partial charge in [-0.15, -0.1) is 0 Å². The van der Waals surface area contributed by atoms with Crippen LogP contribution in [-0.2, 0) is 28.0 Å². The van der Waals surface area contributed by atoms with Gasteiger partial charge in [0.25, 0.3) is 0 Å². The predicted molar refractivity (Wildman–Crippen MR) is 135 cm³/mol. The molecular formula is C28H31NO5. The third kappa shape index (κ3) is 8.39. The molecular weight excluding hydrogens is 430 g/mol. The first-order valence-electron chi connectivity index (χ1n) is 10.6. The van der Waals surface area contributed by atoms with Crippen molar-refractivity contribution in [3.05, 3.63) is 102 Å². The summed E-state index contributed by atoms with van der Waals surface area (Å²) < 4.78 is 12.8. The number of benzene rings is 3. The van der Waals surface area contributed by atoms with E-state index in [0.29, 0.717) is 18.9 Å². The van der Waals surface area contributed by atoms with E-state index in [9.17, 15) is 4.79 Å². The summed E-state index contributed by atoms with van der Waals surface area (Å²) in [4.78, 5) is 28.0. The number of aryl methyl sites for hydroxylation is 2. The number of aromatic nitrogens is 1. The summed E-state index contributed by atoms with van der Waals surface area (Å²) in [6.07, 6.45) is 0. The molecule has 0 N–H and O–H groups in total. The summed E-state index contributed by atoms with van der Waals surface area (Å²) in [7, 11) is 1.86. The highest BCUT2D eigenvalue weighted by Gasteiger charge is 2.14. The molecule has 0 atom stereocenters. The molecule has 0 saturated heterocycles. The van der Waals surface area contributed by atoms with Gasteiger partial charge >= 0.3 is 5.97 Å². The monoisotopic (exact) mass is 461 g/mol. The lowest BCUT2D eigenvalue weighted by Crippen LogP contribution is -2.09. The fourth-order valence-electron chi connectivity index (χ4n) is 3.08. The minimum absolute atomic E-state index is 0.307. The van der Waals surface area contributed by atoms with Gasteiger partial charge in [0.15, 0.2) is 0 Å². The zero-order chi connectivity index (χ0) is 25.3. The van der Waals surface area contributed by atoms with E-state index in [0.717, 1.165) is 22.2 Å². The van der Waals surface area contributed by atoms with Gasteiger partial charge in [-0.3, -0.25) is 0 Å². The summed E-state index contributed by atoms with van der Waals surface area (Å²) in [5.74, 6) is 0.468. The van der Waals surface area contributed by atoms with Crippen LogP contribution in [0.25, 0.3) is 10.9 Å². The van der Waals surface area contributed by atoms with Crippen LogP contribution in [0.15, 0.2) is 84.9 Å². The highest BCUT2D eigenvalue weighted by molar-refractivity contribution is 5.96. The maximum Gasteiger partial charge on any atom is 0.354 e. The maximum absolute atomic E-state index is 12.0. The van der Waals surface area contributed by atoms with E-state index in [4.69, 9.17) is 19.1 Å². The maximum atomic E-state index is 12.0. The Labute approximate surface area is 200 Å². The zero-order valence-electron chi connectivity index (χ0n) is 19.9. The second kappa shape index (κ2) is 15.6. The van der Waals surface area contributed by atoms with E-state index in [1.54, 1.807) is 6.92 Å². The average molecular weight is 462 g/mol. The molecule has 0 radical (unpaired) electrons. The van der Waals surface area contributed by atoms with Crippen LogP contribution in [0.3, 0.4) is 0 Å². The Morgan fingerprint density at radius 3 is 1.97 bits per heavy atom. The number of nitrogens with zero attached hydrogens (tertiary/aromatic N) is 1. The van der Waals surface area contributed by atoms with Crippen molar-refractivity contribution in [2.24, 2.45) is 7.05 Å². The molecule has 3 aromatic carbocycles. The van der Waals surface area contributed by atoms with Crippen LogP contribution in [-0.4, -0.2) is 30.7 Å². The number of carbonyl (C=O) groups is 3. The first kappa shape index (κ1) is 27.8. The Bertz CT molecular complexity index is 1120. The van der Waals surface area contributed by atoms with E-state index >= 15 is 0 Å². The van der Waals surface area contributed by atoms with Crippen molar-refractivity contribution in [2.75, 3.05) is 6.61 Å². The normalized spacial score (nSPS) is 9.26. The third-order valence-electron chi connectivity index (χ3n) is 4.69. The molecule has 0 aliphatic carbocycles. The average Bonchev–Trinajstić information content (AvgIpc) is 3.23. The minimum atomic E-state index is -0.307. The van der Waals surface area contributed by atoms with Crippen molar-refractivity contribution in [3.63, 3.8) is 0 Å². The van der Waals surface area contributed by atoms with Crippen LogP contribution in [0, 0.1) is 6.92 Å². The second-order valence-electron chi connectivity index (χ2n) is 6.96. The molecule has 1 aromatic heterocycles. The predicted octanol–water partition coefficient (Wildman–Crippen LogP) is 5.56. The number of fused-ring (bicyclic) bond motifs is 1. The van der Waals surface area contributed by atoms with E-state index in [1.165, 1.54) is 5.56 Å². The summed E-state index contributed by atoms with van der Waals surface area (Å²) in [5.41, 5.74) is 3.93. The first-order valence-corrected chi connectivity index (χ1v) is 10.6. The third-order valence-corrected chi connectivity index (χ3v) is 4.69. The van der Waals surface area contributed by atoms with Gasteiger partial charge in [0, 0.05) is 18.5 Å². The number of hydrogen-bond acceptors (Lipinski definition) is 5. The highest BCUT2D eigenvalue weighted by atomic mass is 16.5. The molecule has 4 rings (SSSR count). The van der Waals surface area contributed by atoms with Gasteiger partial charge in [-0.25, -0.2) is 4.79 Å². The molecule has 0 unspecified atom stereocenters. The standard InChI is InChI=1S/C19H19NO3.C7H8.2CH2O/c1-3-22-19(21)18-11-15-9-10-16(12-17(15)20(18)2)23-13-14-7-5-4-6-8-14;1-7-5-3-2-4-6-7;2*1-2/h4-12H,3,13H2,1-2H3;2-6H,1H3;2*1H2. The second-order valence-corrected chi connectivity index (χ2v) is 6.96. The molecule has 0 aliphatic rings. The number of ether oxygens (including phenoxy) is 2. The largest absolute Gasteiger partial charge is 0.489 e. The van der Waals surface area contributed by atoms with Crippen LogP contribution in [0.2, 0.25) is 0 Å². The molecule has 0 bridgehead atoms. The Morgan fingerprint density at radius 1 is 0.853 bits per heavy atom. The quantitative estimate of drug-likeness (QED) is 0.364. The van der Waals surface area contributed by atoms with Gasteiger partial charge in [0.1, 0.15) is 31.6 Å². The molecule has 4 aromatic rings. The molecule has 34 heavy (non-hydrogen) atoms. The van der Waals surface area contributed by atoms with Crippen LogP contribution in [0.4, 0.5) is 0 Å². The van der Waals surface area contributed by atoms with E-state index in [2.05, 4.69) is 19.1 Å². The molecule has 0 spiro atoms. The topological polar surface area (TPSA) is 74.6 Å². The fourth-order valence-corrected chi connectivity index (χ4v) is 3.08. The molecule has 178 valence electrons. The lowest BCUT2D eigenvalue weighted by atomic mass is 10.2. The Morgan fingerprint density at radius 2 is 1.44 bits per heavy atom. The number of rotatable bonds is 5. The molecule has 0 fully saturated rings. The number of carbonyl (C=O) groups excluding carboxylic acids is 3. The summed E-state index contributed by atoms with van der Waals surface area (Å²) in [5, 5.41) is 0.989. The van der Waals surface area contributed by atoms with E-state index in [1.807, 2.05) is 98.0 Å². The van der Waals surface area contributed by atoms with Crippen LogP contribution < -0.4 is 4.74 Å². The van der Waals surface area contributed by atoms with E-state index in [-0.39, 0.29) is 5.97 Å². The van der Waals surface area contributed by atoms with Crippen molar-refractivity contribution in [2.45, 2.75) is 20.5 Å². The lowest BCUT2D eigenvalue weighted by molar-refractivity contribution is -0.0987. The van der Waals surface area contributed by atoms with Crippen molar-refractivity contribution < 1.29 is 23.9 Å². The first-order chi connectivity index (χ1) is 16.6. The number of esters is 1. The summed E-state index contributed by atoms with van der Waals surface area (Å²) >= 11 is 0. The van der Waals surface area contributed by atoms with Crippen molar-refractivity contribution in [1.82, 2.24) is 4.57 Å². The highest BCUT2D eigenvalue weighted by Crippen LogP contribution is 2.25. The Kier molecular flexibility index (Phi) is 12.8. The zero-order valence-corrected chi connectivity index (χ0v) is 19.9. The molecule has 0 amide bonds. The van der Waals surface area contributed by atoms with Crippen LogP contribution in [0.1, 0.15) is 28.5 Å². The molecule has 6 nitrogen and oxygen atoms in total.